The zero-order valence-electron chi connectivity index (χ0n) is 10.7. The number of halogens is 1. The van der Waals surface area contributed by atoms with Gasteiger partial charge in [-0.3, -0.25) is 4.98 Å². The smallest absolute Gasteiger partial charge is 0.0641 e. The maximum atomic E-state index is 6.01. The summed E-state index contributed by atoms with van der Waals surface area (Å²) in [6.07, 6.45) is 3.67. The number of anilines is 2. The molecule has 94 valence electrons. The molecule has 0 atom stereocenters. The van der Waals surface area contributed by atoms with E-state index in [0.29, 0.717) is 5.88 Å². The first-order valence-corrected chi connectivity index (χ1v) is 6.63. The van der Waals surface area contributed by atoms with Crippen LogP contribution in [-0.2, 0) is 5.88 Å². The topological polar surface area (TPSA) is 16.1 Å². The van der Waals surface area contributed by atoms with Crippen molar-refractivity contribution >= 4 is 23.0 Å². The molecule has 0 aliphatic rings. The highest BCUT2D eigenvalue weighted by Gasteiger charge is 2.12. The second kappa shape index (κ2) is 5.87. The molecule has 2 nitrogen and oxygen atoms in total. The lowest BCUT2D eigenvalue weighted by Crippen LogP contribution is -2.18. The summed E-state index contributed by atoms with van der Waals surface area (Å²) in [4.78, 5) is 6.47. The van der Waals surface area contributed by atoms with Gasteiger partial charge in [0, 0.05) is 24.3 Å². The highest BCUT2D eigenvalue weighted by atomic mass is 35.5. The molecule has 1 aromatic heterocycles. The predicted octanol–water partition coefficient (Wildman–Crippen LogP) is 4.29. The van der Waals surface area contributed by atoms with Gasteiger partial charge in [-0.05, 0) is 37.1 Å². The van der Waals surface area contributed by atoms with Gasteiger partial charge in [0.25, 0.3) is 0 Å². The summed E-state index contributed by atoms with van der Waals surface area (Å²) >= 11 is 6.01. The Hall–Kier alpha value is -1.54. The van der Waals surface area contributed by atoms with E-state index >= 15 is 0 Å². The third-order valence-electron chi connectivity index (χ3n) is 3.04. The number of pyridine rings is 1. The van der Waals surface area contributed by atoms with Gasteiger partial charge in [0.15, 0.2) is 0 Å². The summed E-state index contributed by atoms with van der Waals surface area (Å²) in [5.41, 5.74) is 4.66. The van der Waals surface area contributed by atoms with Crippen molar-refractivity contribution in [3.8, 4) is 0 Å². The number of aromatic nitrogens is 1. The molecule has 0 spiro atoms. The molecule has 0 aliphatic carbocycles. The average molecular weight is 261 g/mol. The molecule has 0 saturated heterocycles. The Balaban J connectivity index is 2.49. The number of hydrogen-bond donors (Lipinski definition) is 0. The Bertz CT molecular complexity index is 525. The van der Waals surface area contributed by atoms with E-state index < -0.39 is 0 Å². The van der Waals surface area contributed by atoms with E-state index in [-0.39, 0.29) is 0 Å². The molecular weight excluding hydrogens is 244 g/mol. The van der Waals surface area contributed by atoms with Crippen LogP contribution in [0.4, 0.5) is 11.4 Å². The molecule has 0 N–H and O–H groups in total. The van der Waals surface area contributed by atoms with Crippen LogP contribution in [0, 0.1) is 6.92 Å². The van der Waals surface area contributed by atoms with Crippen LogP contribution < -0.4 is 4.90 Å². The molecule has 2 rings (SSSR count). The summed E-state index contributed by atoms with van der Waals surface area (Å²) in [6, 6.07) is 10.3. The van der Waals surface area contributed by atoms with E-state index in [1.165, 1.54) is 11.3 Å². The Labute approximate surface area is 113 Å². The van der Waals surface area contributed by atoms with Crippen molar-refractivity contribution in [2.45, 2.75) is 19.7 Å². The molecule has 2 aromatic rings. The molecule has 0 amide bonds. The van der Waals surface area contributed by atoms with Crippen molar-refractivity contribution in [1.29, 1.82) is 0 Å². The highest BCUT2D eigenvalue weighted by molar-refractivity contribution is 6.17. The quantitative estimate of drug-likeness (QED) is 0.763. The van der Waals surface area contributed by atoms with Gasteiger partial charge in [0.05, 0.1) is 11.9 Å². The number of hydrogen-bond acceptors (Lipinski definition) is 2. The van der Waals surface area contributed by atoms with Crippen molar-refractivity contribution < 1.29 is 0 Å². The first-order valence-electron chi connectivity index (χ1n) is 6.10. The summed E-state index contributed by atoms with van der Waals surface area (Å²) in [6.45, 7) is 5.15. The van der Waals surface area contributed by atoms with Crippen molar-refractivity contribution in [3.05, 3.63) is 53.9 Å². The lowest BCUT2D eigenvalue weighted by molar-refractivity contribution is 0.996. The third kappa shape index (κ3) is 2.49. The molecule has 1 heterocycles. The molecule has 18 heavy (non-hydrogen) atoms. The largest absolute Gasteiger partial charge is 0.340 e. The fourth-order valence-electron chi connectivity index (χ4n) is 2.11. The number of para-hydroxylation sites is 1. The summed E-state index contributed by atoms with van der Waals surface area (Å²) in [5.74, 6) is 0.500. The monoisotopic (exact) mass is 260 g/mol. The number of alkyl halides is 1. The predicted molar refractivity (Wildman–Crippen MR) is 77.7 cm³/mol. The minimum atomic E-state index is 0.500. The fraction of sp³-hybridized carbons (Fsp3) is 0.267. The molecule has 1 aromatic carbocycles. The number of nitrogens with zero attached hydrogens (tertiary/aromatic N) is 2. The first kappa shape index (κ1) is 12.9. The first-order chi connectivity index (χ1) is 8.77. The van der Waals surface area contributed by atoms with E-state index in [9.17, 15) is 0 Å². The van der Waals surface area contributed by atoms with Gasteiger partial charge in [-0.2, -0.15) is 0 Å². The molecule has 0 unspecified atom stereocenters. The molecule has 0 aliphatic heterocycles. The molecule has 0 fully saturated rings. The Morgan fingerprint density at radius 1 is 1.17 bits per heavy atom. The van der Waals surface area contributed by atoms with E-state index in [2.05, 4.69) is 48.0 Å². The Morgan fingerprint density at radius 3 is 2.61 bits per heavy atom. The molecule has 0 radical (unpaired) electrons. The van der Waals surface area contributed by atoms with Gasteiger partial charge >= 0.3 is 0 Å². The minimum absolute atomic E-state index is 0.500. The van der Waals surface area contributed by atoms with Gasteiger partial charge in [-0.1, -0.05) is 18.2 Å². The van der Waals surface area contributed by atoms with E-state index in [1.807, 2.05) is 12.3 Å². The summed E-state index contributed by atoms with van der Waals surface area (Å²) in [7, 11) is 0. The van der Waals surface area contributed by atoms with Gasteiger partial charge in [-0.15, -0.1) is 11.6 Å². The normalized spacial score (nSPS) is 10.4. The van der Waals surface area contributed by atoms with E-state index in [4.69, 9.17) is 11.6 Å². The summed E-state index contributed by atoms with van der Waals surface area (Å²) in [5, 5.41) is 0. The van der Waals surface area contributed by atoms with Crippen LogP contribution in [0.5, 0.6) is 0 Å². The second-order valence-electron chi connectivity index (χ2n) is 4.17. The van der Waals surface area contributed by atoms with E-state index in [1.54, 1.807) is 6.20 Å². The van der Waals surface area contributed by atoms with Gasteiger partial charge in [-0.25, -0.2) is 0 Å². The van der Waals surface area contributed by atoms with Gasteiger partial charge in [0.1, 0.15) is 0 Å². The maximum absolute atomic E-state index is 6.01. The van der Waals surface area contributed by atoms with Crippen LogP contribution in [0.3, 0.4) is 0 Å². The second-order valence-corrected chi connectivity index (χ2v) is 4.44. The van der Waals surface area contributed by atoms with Gasteiger partial charge < -0.3 is 4.90 Å². The zero-order chi connectivity index (χ0) is 13.0. The highest BCUT2D eigenvalue weighted by Crippen LogP contribution is 2.30. The van der Waals surface area contributed by atoms with Crippen molar-refractivity contribution in [2.24, 2.45) is 0 Å². The minimum Gasteiger partial charge on any atom is -0.340 e. The SMILES string of the molecule is CCN(c1ccccc1C)c1cnccc1CCl. The lowest BCUT2D eigenvalue weighted by Gasteiger charge is -2.26. The van der Waals surface area contributed by atoms with Crippen LogP contribution in [0.15, 0.2) is 42.7 Å². The lowest BCUT2D eigenvalue weighted by atomic mass is 10.1. The molecule has 3 heteroatoms. The maximum Gasteiger partial charge on any atom is 0.0641 e. The number of rotatable bonds is 4. The van der Waals surface area contributed by atoms with Crippen LogP contribution in [-0.4, -0.2) is 11.5 Å². The van der Waals surface area contributed by atoms with Crippen molar-refractivity contribution in [1.82, 2.24) is 4.98 Å². The molecular formula is C15H17ClN2. The number of benzene rings is 1. The van der Waals surface area contributed by atoms with E-state index in [0.717, 1.165) is 17.8 Å². The van der Waals surface area contributed by atoms with Crippen LogP contribution >= 0.6 is 11.6 Å². The van der Waals surface area contributed by atoms with Crippen LogP contribution in [0.25, 0.3) is 0 Å². The van der Waals surface area contributed by atoms with Crippen molar-refractivity contribution in [3.63, 3.8) is 0 Å². The van der Waals surface area contributed by atoms with Crippen LogP contribution in [0.2, 0.25) is 0 Å². The van der Waals surface area contributed by atoms with Crippen LogP contribution in [0.1, 0.15) is 18.1 Å². The zero-order valence-corrected chi connectivity index (χ0v) is 11.5. The number of aryl methyl sites for hydroxylation is 1. The fourth-order valence-corrected chi connectivity index (χ4v) is 2.33. The average Bonchev–Trinajstić information content (AvgIpc) is 2.42. The summed E-state index contributed by atoms with van der Waals surface area (Å²) < 4.78 is 0. The Kier molecular flexibility index (Phi) is 4.21. The standard InChI is InChI=1S/C15H17ClN2/c1-3-18(14-7-5-4-6-12(14)2)15-11-17-9-8-13(15)10-16/h4-9,11H,3,10H2,1-2H3. The van der Waals surface area contributed by atoms with Gasteiger partial charge in [0.2, 0.25) is 0 Å². The molecule has 0 saturated carbocycles. The molecule has 0 bridgehead atoms. The Morgan fingerprint density at radius 2 is 1.94 bits per heavy atom. The van der Waals surface area contributed by atoms with Crippen molar-refractivity contribution in [2.75, 3.05) is 11.4 Å². The third-order valence-corrected chi connectivity index (χ3v) is 3.33.